The molecule has 5 heteroatoms. The van der Waals surface area contributed by atoms with Crippen molar-refractivity contribution in [2.24, 2.45) is 0 Å². The Morgan fingerprint density at radius 1 is 1.47 bits per heavy atom. The maximum absolute atomic E-state index is 10.6. The van der Waals surface area contributed by atoms with Crippen molar-refractivity contribution in [1.29, 1.82) is 0 Å². The Kier molecular flexibility index (Phi) is 3.31. The first-order valence-electron chi connectivity index (χ1n) is 5.00. The van der Waals surface area contributed by atoms with Gasteiger partial charge in [0.1, 0.15) is 0 Å². The highest BCUT2D eigenvalue weighted by Crippen LogP contribution is 2.30. The Hall–Kier alpha value is -0.550. The van der Waals surface area contributed by atoms with Crippen molar-refractivity contribution in [3.8, 4) is 0 Å². The SMILES string of the molecule is CC1CN(c2ncc(C=O)s2)CC(C)S1. The molecule has 1 saturated heterocycles. The minimum atomic E-state index is 0.636. The summed E-state index contributed by atoms with van der Waals surface area (Å²) in [5.41, 5.74) is 0. The number of thioether (sulfide) groups is 1. The van der Waals surface area contributed by atoms with Crippen LogP contribution in [-0.2, 0) is 0 Å². The van der Waals surface area contributed by atoms with Gasteiger partial charge >= 0.3 is 0 Å². The molecule has 3 nitrogen and oxygen atoms in total. The van der Waals surface area contributed by atoms with E-state index in [0.717, 1.165) is 24.5 Å². The van der Waals surface area contributed by atoms with E-state index < -0.39 is 0 Å². The molecule has 2 atom stereocenters. The highest BCUT2D eigenvalue weighted by atomic mass is 32.2. The number of thiazole rings is 1. The smallest absolute Gasteiger partial charge is 0.186 e. The fourth-order valence-electron chi connectivity index (χ4n) is 1.81. The summed E-state index contributed by atoms with van der Waals surface area (Å²) in [7, 11) is 0. The minimum absolute atomic E-state index is 0.636. The second-order valence-corrected chi connectivity index (χ2v) is 6.75. The van der Waals surface area contributed by atoms with Gasteiger partial charge in [-0.3, -0.25) is 4.79 Å². The van der Waals surface area contributed by atoms with Crippen LogP contribution in [0.15, 0.2) is 6.20 Å². The first kappa shape index (κ1) is 11.0. The van der Waals surface area contributed by atoms with Crippen LogP contribution in [0.2, 0.25) is 0 Å². The third-order valence-corrected chi connectivity index (χ3v) is 4.53. The molecule has 0 bridgehead atoms. The molecule has 1 aromatic heterocycles. The van der Waals surface area contributed by atoms with Gasteiger partial charge in [0.2, 0.25) is 0 Å². The molecular weight excluding hydrogens is 228 g/mol. The minimum Gasteiger partial charge on any atom is -0.346 e. The Bertz CT molecular complexity index is 343. The van der Waals surface area contributed by atoms with Crippen molar-refractivity contribution in [3.63, 3.8) is 0 Å². The molecule has 0 N–H and O–H groups in total. The molecule has 0 saturated carbocycles. The lowest BCUT2D eigenvalue weighted by molar-refractivity contribution is 0.112. The molecule has 2 unspecified atom stereocenters. The largest absolute Gasteiger partial charge is 0.346 e. The number of nitrogens with zero attached hydrogens (tertiary/aromatic N) is 2. The van der Waals surface area contributed by atoms with Crippen LogP contribution in [0, 0.1) is 0 Å². The number of carbonyl (C=O) groups excluding carboxylic acids is 1. The molecule has 0 spiro atoms. The standard InChI is InChI=1S/C10H14N2OS2/c1-7-4-12(5-8(2)14-7)10-11-3-9(6-13)15-10/h3,6-8H,4-5H2,1-2H3. The van der Waals surface area contributed by atoms with E-state index in [0.29, 0.717) is 15.4 Å². The van der Waals surface area contributed by atoms with E-state index in [9.17, 15) is 4.79 Å². The summed E-state index contributed by atoms with van der Waals surface area (Å²) < 4.78 is 0. The number of aldehydes is 1. The van der Waals surface area contributed by atoms with Crippen molar-refractivity contribution in [1.82, 2.24) is 4.98 Å². The maximum Gasteiger partial charge on any atom is 0.186 e. The van der Waals surface area contributed by atoms with Gasteiger partial charge in [-0.2, -0.15) is 11.8 Å². The lowest BCUT2D eigenvalue weighted by Crippen LogP contribution is -2.40. The van der Waals surface area contributed by atoms with E-state index in [1.54, 1.807) is 6.20 Å². The summed E-state index contributed by atoms with van der Waals surface area (Å²) in [5.74, 6) is 0. The van der Waals surface area contributed by atoms with Gasteiger partial charge in [0.25, 0.3) is 0 Å². The number of anilines is 1. The number of carbonyl (C=O) groups is 1. The lowest BCUT2D eigenvalue weighted by atomic mass is 10.3. The second kappa shape index (κ2) is 4.53. The normalized spacial score (nSPS) is 26.7. The van der Waals surface area contributed by atoms with Crippen molar-refractivity contribution in [2.45, 2.75) is 24.3 Å². The molecule has 1 aliphatic rings. The van der Waals surface area contributed by atoms with Gasteiger partial charge in [-0.25, -0.2) is 4.98 Å². The first-order valence-corrected chi connectivity index (χ1v) is 6.76. The molecular formula is C10H14N2OS2. The van der Waals surface area contributed by atoms with Crippen molar-refractivity contribution < 1.29 is 4.79 Å². The van der Waals surface area contributed by atoms with E-state index >= 15 is 0 Å². The number of rotatable bonds is 2. The topological polar surface area (TPSA) is 33.2 Å². The monoisotopic (exact) mass is 242 g/mol. The van der Waals surface area contributed by atoms with Crippen LogP contribution in [0.3, 0.4) is 0 Å². The van der Waals surface area contributed by atoms with Crippen molar-refractivity contribution >= 4 is 34.5 Å². The first-order chi connectivity index (χ1) is 7.19. The fraction of sp³-hybridized carbons (Fsp3) is 0.600. The molecule has 0 amide bonds. The van der Waals surface area contributed by atoms with E-state index in [4.69, 9.17) is 0 Å². The third kappa shape index (κ3) is 2.52. The summed E-state index contributed by atoms with van der Waals surface area (Å²) in [6, 6.07) is 0. The molecule has 2 rings (SSSR count). The molecule has 1 fully saturated rings. The van der Waals surface area contributed by atoms with Crippen LogP contribution in [0.5, 0.6) is 0 Å². The highest BCUT2D eigenvalue weighted by Gasteiger charge is 2.24. The zero-order chi connectivity index (χ0) is 10.8. The van der Waals surface area contributed by atoms with Gasteiger partial charge in [-0.05, 0) is 0 Å². The third-order valence-electron chi connectivity index (χ3n) is 2.32. The van der Waals surface area contributed by atoms with E-state index in [1.807, 2.05) is 11.8 Å². The van der Waals surface area contributed by atoms with E-state index in [2.05, 4.69) is 23.7 Å². The molecule has 1 aliphatic heterocycles. The van der Waals surface area contributed by atoms with Gasteiger partial charge < -0.3 is 4.90 Å². The zero-order valence-electron chi connectivity index (χ0n) is 8.84. The predicted molar refractivity (Wildman–Crippen MR) is 66.2 cm³/mol. The number of aromatic nitrogens is 1. The van der Waals surface area contributed by atoms with Crippen LogP contribution in [0.25, 0.3) is 0 Å². The second-order valence-electron chi connectivity index (χ2n) is 3.83. The summed E-state index contributed by atoms with van der Waals surface area (Å²) >= 11 is 3.50. The van der Waals surface area contributed by atoms with Crippen LogP contribution in [-0.4, -0.2) is 34.9 Å². The number of hydrogen-bond acceptors (Lipinski definition) is 5. The summed E-state index contributed by atoms with van der Waals surface area (Å²) in [5, 5.41) is 2.26. The predicted octanol–water partition coefficient (Wildman–Crippen LogP) is 2.29. The van der Waals surface area contributed by atoms with Crippen LogP contribution in [0.1, 0.15) is 23.5 Å². The van der Waals surface area contributed by atoms with E-state index in [1.165, 1.54) is 11.3 Å². The van der Waals surface area contributed by atoms with Gasteiger partial charge in [-0.1, -0.05) is 25.2 Å². The van der Waals surface area contributed by atoms with Crippen molar-refractivity contribution in [2.75, 3.05) is 18.0 Å². The average molecular weight is 242 g/mol. The van der Waals surface area contributed by atoms with Gasteiger partial charge in [0, 0.05) is 23.6 Å². The van der Waals surface area contributed by atoms with E-state index in [-0.39, 0.29) is 0 Å². The maximum atomic E-state index is 10.6. The Morgan fingerprint density at radius 2 is 2.13 bits per heavy atom. The van der Waals surface area contributed by atoms with Gasteiger partial charge in [0.15, 0.2) is 11.4 Å². The number of hydrogen-bond donors (Lipinski definition) is 0. The quantitative estimate of drug-likeness (QED) is 0.745. The van der Waals surface area contributed by atoms with Crippen molar-refractivity contribution in [3.05, 3.63) is 11.1 Å². The molecule has 1 aromatic rings. The fourth-order valence-corrected chi connectivity index (χ4v) is 3.88. The molecule has 0 aromatic carbocycles. The molecule has 82 valence electrons. The summed E-state index contributed by atoms with van der Waals surface area (Å²) in [6.45, 7) is 6.53. The van der Waals surface area contributed by atoms with Crippen LogP contribution in [0.4, 0.5) is 5.13 Å². The highest BCUT2D eigenvalue weighted by molar-refractivity contribution is 8.00. The molecule has 0 radical (unpaired) electrons. The molecule has 0 aliphatic carbocycles. The molecule has 2 heterocycles. The zero-order valence-corrected chi connectivity index (χ0v) is 10.5. The lowest BCUT2D eigenvalue weighted by Gasteiger charge is -2.34. The summed E-state index contributed by atoms with van der Waals surface area (Å²) in [4.78, 5) is 17.9. The Balaban J connectivity index is 2.12. The van der Waals surface area contributed by atoms with Crippen LogP contribution >= 0.6 is 23.1 Å². The summed E-state index contributed by atoms with van der Waals surface area (Å²) in [6.07, 6.45) is 2.52. The Labute approximate surface area is 97.9 Å². The Morgan fingerprint density at radius 3 is 2.67 bits per heavy atom. The van der Waals surface area contributed by atoms with Gasteiger partial charge in [0.05, 0.1) is 11.1 Å². The van der Waals surface area contributed by atoms with Gasteiger partial charge in [-0.15, -0.1) is 0 Å². The average Bonchev–Trinajstić information content (AvgIpc) is 2.64. The molecule has 15 heavy (non-hydrogen) atoms. The van der Waals surface area contributed by atoms with Crippen LogP contribution < -0.4 is 4.90 Å².